The number of hydrogen-bond acceptors (Lipinski definition) is 5. The molecule has 1 saturated heterocycles. The van der Waals surface area contributed by atoms with Crippen LogP contribution in [-0.4, -0.2) is 41.3 Å². The van der Waals surface area contributed by atoms with Gasteiger partial charge in [-0.05, 0) is 40.7 Å². The molecule has 5 rings (SSSR count). The van der Waals surface area contributed by atoms with E-state index in [-0.39, 0.29) is 5.82 Å². The Bertz CT molecular complexity index is 1300. The number of fused-ring (bicyclic) bond motifs is 1. The minimum Gasteiger partial charge on any atom is -0.366 e. The maximum Gasteiger partial charge on any atom is 0.171 e. The van der Waals surface area contributed by atoms with Crippen molar-refractivity contribution in [2.24, 2.45) is 0 Å². The topological polar surface area (TPSA) is 56.3 Å². The molecule has 6 nitrogen and oxygen atoms in total. The average molecular weight is 473 g/mol. The van der Waals surface area contributed by atoms with E-state index in [0.717, 1.165) is 24.6 Å². The summed E-state index contributed by atoms with van der Waals surface area (Å²) in [5.74, 6) is 0.598. The van der Waals surface area contributed by atoms with Gasteiger partial charge in [-0.3, -0.25) is 0 Å². The van der Waals surface area contributed by atoms with Gasteiger partial charge in [-0.15, -0.1) is 0 Å². The van der Waals surface area contributed by atoms with Gasteiger partial charge in [-0.25, -0.2) is 14.4 Å². The van der Waals surface area contributed by atoms with E-state index in [4.69, 9.17) is 12.2 Å². The van der Waals surface area contributed by atoms with Gasteiger partial charge >= 0.3 is 0 Å². The second kappa shape index (κ2) is 10.0. The van der Waals surface area contributed by atoms with Gasteiger partial charge in [0.15, 0.2) is 10.9 Å². The fourth-order valence-corrected chi connectivity index (χ4v) is 4.50. The highest BCUT2D eigenvalue weighted by Gasteiger charge is 2.22. The van der Waals surface area contributed by atoms with Crippen LogP contribution in [0.4, 0.5) is 21.6 Å². The number of benzene rings is 3. The summed E-state index contributed by atoms with van der Waals surface area (Å²) in [6.45, 7) is 3.45. The van der Waals surface area contributed by atoms with Crippen molar-refractivity contribution in [3.05, 3.63) is 90.6 Å². The van der Waals surface area contributed by atoms with Crippen molar-refractivity contribution in [2.75, 3.05) is 41.3 Å². The SMILES string of the molecule is Fc1ccccc1N1CCN(c2ncncc2NC(=S)NCc2cccc3ccccc23)CC1. The summed E-state index contributed by atoms with van der Waals surface area (Å²) in [6, 6.07) is 21.5. The van der Waals surface area contributed by atoms with E-state index in [2.05, 4.69) is 60.7 Å². The molecular weight excluding hydrogens is 447 g/mol. The summed E-state index contributed by atoms with van der Waals surface area (Å²) in [5, 5.41) is 9.48. The molecule has 0 aliphatic carbocycles. The molecule has 1 aromatic heterocycles. The maximum absolute atomic E-state index is 14.2. The first-order valence-corrected chi connectivity index (χ1v) is 11.7. The monoisotopic (exact) mass is 472 g/mol. The molecule has 1 aliphatic heterocycles. The average Bonchev–Trinajstić information content (AvgIpc) is 2.88. The molecule has 2 N–H and O–H groups in total. The van der Waals surface area contributed by atoms with Crippen molar-refractivity contribution < 1.29 is 4.39 Å². The highest BCUT2D eigenvalue weighted by molar-refractivity contribution is 7.80. The fourth-order valence-electron chi connectivity index (χ4n) is 4.32. The molecule has 0 saturated carbocycles. The Kier molecular flexibility index (Phi) is 6.49. The number of nitrogens with one attached hydrogen (secondary N) is 2. The lowest BCUT2D eigenvalue weighted by atomic mass is 10.0. The second-order valence-corrected chi connectivity index (χ2v) is 8.54. The van der Waals surface area contributed by atoms with Crippen LogP contribution in [0.1, 0.15) is 5.56 Å². The van der Waals surface area contributed by atoms with Gasteiger partial charge in [0.05, 0.1) is 11.9 Å². The molecule has 172 valence electrons. The van der Waals surface area contributed by atoms with Crippen LogP contribution in [0, 0.1) is 5.82 Å². The van der Waals surface area contributed by atoms with E-state index in [1.54, 1.807) is 12.3 Å². The van der Waals surface area contributed by atoms with E-state index in [1.165, 1.54) is 28.7 Å². The molecular formula is C26H25FN6S. The molecule has 0 spiro atoms. The van der Waals surface area contributed by atoms with Gasteiger partial charge in [0.2, 0.25) is 0 Å². The zero-order valence-corrected chi connectivity index (χ0v) is 19.4. The van der Waals surface area contributed by atoms with Gasteiger partial charge < -0.3 is 20.4 Å². The van der Waals surface area contributed by atoms with Gasteiger partial charge in [0.25, 0.3) is 0 Å². The van der Waals surface area contributed by atoms with Crippen molar-refractivity contribution in [3.63, 3.8) is 0 Å². The summed E-state index contributed by atoms with van der Waals surface area (Å²) in [5.41, 5.74) is 2.57. The summed E-state index contributed by atoms with van der Waals surface area (Å²) in [7, 11) is 0. The molecule has 0 unspecified atom stereocenters. The lowest BCUT2D eigenvalue weighted by Crippen LogP contribution is -2.47. The summed E-state index contributed by atoms with van der Waals surface area (Å²) in [4.78, 5) is 12.9. The van der Waals surface area contributed by atoms with Crippen molar-refractivity contribution in [2.45, 2.75) is 6.54 Å². The molecule has 0 atom stereocenters. The number of anilines is 3. The number of hydrogen-bond donors (Lipinski definition) is 2. The molecule has 0 radical (unpaired) electrons. The molecule has 3 aromatic carbocycles. The Morgan fingerprint density at radius 2 is 1.65 bits per heavy atom. The predicted molar refractivity (Wildman–Crippen MR) is 140 cm³/mol. The van der Waals surface area contributed by atoms with Crippen LogP contribution in [0.2, 0.25) is 0 Å². The first kappa shape index (κ1) is 22.0. The molecule has 2 heterocycles. The van der Waals surface area contributed by atoms with Crippen molar-refractivity contribution in [3.8, 4) is 0 Å². The zero-order chi connectivity index (χ0) is 23.3. The van der Waals surface area contributed by atoms with Crippen LogP contribution in [0.25, 0.3) is 10.8 Å². The van der Waals surface area contributed by atoms with Gasteiger partial charge in [0.1, 0.15) is 17.8 Å². The lowest BCUT2D eigenvalue weighted by molar-refractivity contribution is 0.596. The van der Waals surface area contributed by atoms with Crippen LogP contribution < -0.4 is 20.4 Å². The standard InChI is InChI=1S/C26H25FN6S/c27-22-10-3-4-11-24(22)32-12-14-33(15-13-32)25-23(17-28-18-30-25)31-26(34)29-16-20-8-5-7-19-6-1-2-9-21(19)20/h1-11,17-18H,12-16H2,(H2,29,31,34). The second-order valence-electron chi connectivity index (χ2n) is 8.13. The molecule has 34 heavy (non-hydrogen) atoms. The number of piperazine rings is 1. The first-order chi connectivity index (χ1) is 16.7. The van der Waals surface area contributed by atoms with Crippen LogP contribution >= 0.6 is 12.2 Å². The normalized spacial score (nSPS) is 13.7. The van der Waals surface area contributed by atoms with E-state index < -0.39 is 0 Å². The number of para-hydroxylation sites is 1. The van der Waals surface area contributed by atoms with Gasteiger partial charge in [-0.2, -0.15) is 0 Å². The largest absolute Gasteiger partial charge is 0.366 e. The van der Waals surface area contributed by atoms with Crippen LogP contribution in [0.5, 0.6) is 0 Å². The van der Waals surface area contributed by atoms with Crippen LogP contribution in [-0.2, 0) is 6.54 Å². The minimum absolute atomic E-state index is 0.192. The Balaban J connectivity index is 1.23. The molecule has 4 aromatic rings. The third kappa shape index (κ3) is 4.77. The predicted octanol–water partition coefficient (Wildman–Crippen LogP) is 4.58. The van der Waals surface area contributed by atoms with E-state index >= 15 is 0 Å². The number of halogens is 1. The number of nitrogens with zero attached hydrogens (tertiary/aromatic N) is 4. The number of aromatic nitrogens is 2. The summed E-state index contributed by atoms with van der Waals surface area (Å²) < 4.78 is 14.2. The van der Waals surface area contributed by atoms with Crippen LogP contribution in [0.3, 0.4) is 0 Å². The fraction of sp³-hybridized carbons (Fsp3) is 0.192. The van der Waals surface area contributed by atoms with E-state index in [0.29, 0.717) is 30.4 Å². The molecule has 8 heteroatoms. The first-order valence-electron chi connectivity index (χ1n) is 11.2. The Hall–Kier alpha value is -3.78. The molecule has 1 aliphatic rings. The van der Waals surface area contributed by atoms with Crippen molar-refractivity contribution >= 4 is 45.3 Å². The summed E-state index contributed by atoms with van der Waals surface area (Å²) in [6.07, 6.45) is 3.27. The molecule has 0 bridgehead atoms. The van der Waals surface area contributed by atoms with E-state index in [9.17, 15) is 4.39 Å². The Labute approximate surface area is 203 Å². The Morgan fingerprint density at radius 1 is 0.912 bits per heavy atom. The number of rotatable bonds is 5. The highest BCUT2D eigenvalue weighted by atomic mass is 32.1. The number of thiocarbonyl (C=S) groups is 1. The quantitative estimate of drug-likeness (QED) is 0.412. The Morgan fingerprint density at radius 3 is 2.50 bits per heavy atom. The maximum atomic E-state index is 14.2. The third-order valence-corrected chi connectivity index (χ3v) is 6.28. The summed E-state index contributed by atoms with van der Waals surface area (Å²) >= 11 is 5.57. The smallest absolute Gasteiger partial charge is 0.171 e. The van der Waals surface area contributed by atoms with E-state index in [1.807, 2.05) is 24.3 Å². The molecule has 1 fully saturated rings. The van der Waals surface area contributed by atoms with Crippen molar-refractivity contribution in [1.82, 2.24) is 15.3 Å². The molecule has 0 amide bonds. The van der Waals surface area contributed by atoms with Gasteiger partial charge in [0, 0.05) is 32.7 Å². The zero-order valence-electron chi connectivity index (χ0n) is 18.6. The van der Waals surface area contributed by atoms with Crippen molar-refractivity contribution in [1.29, 1.82) is 0 Å². The minimum atomic E-state index is -0.192. The van der Waals surface area contributed by atoms with Gasteiger partial charge in [-0.1, -0.05) is 54.6 Å². The highest BCUT2D eigenvalue weighted by Crippen LogP contribution is 2.26. The lowest BCUT2D eigenvalue weighted by Gasteiger charge is -2.37. The third-order valence-electron chi connectivity index (χ3n) is 6.03. The van der Waals surface area contributed by atoms with Crippen LogP contribution in [0.15, 0.2) is 79.3 Å².